The number of anilines is 2. The highest BCUT2D eigenvalue weighted by atomic mass is 32.2. The fourth-order valence-electron chi connectivity index (χ4n) is 2.90. The van der Waals surface area contributed by atoms with Gasteiger partial charge in [-0.25, -0.2) is 8.42 Å². The summed E-state index contributed by atoms with van der Waals surface area (Å²) in [5, 5.41) is 2.81. The first-order chi connectivity index (χ1) is 12.2. The number of carbonyl (C=O) groups is 1. The molecule has 2 aromatic carbocycles. The zero-order valence-corrected chi connectivity index (χ0v) is 16.1. The minimum atomic E-state index is -3.63. The maximum Gasteiger partial charge on any atom is 0.264 e. The summed E-state index contributed by atoms with van der Waals surface area (Å²) >= 11 is 0. The normalized spacial score (nSPS) is 14.7. The van der Waals surface area contributed by atoms with E-state index in [1.165, 1.54) is 4.31 Å². The SMILES string of the molecule is CC(C)(C)C(=O)Nc1ccc(S(=O)(=O)N2CCCc3ccccc32)cc1. The first-order valence-electron chi connectivity index (χ1n) is 8.72. The standard InChI is InChI=1S/C20H24N2O3S/c1-20(2,3)19(23)21-16-10-12-17(13-11-16)26(24,25)22-14-6-8-15-7-4-5-9-18(15)22/h4-5,7,9-13H,6,8,14H2,1-3H3,(H,21,23). The van der Waals surface area contributed by atoms with E-state index in [2.05, 4.69) is 5.32 Å². The summed E-state index contributed by atoms with van der Waals surface area (Å²) in [4.78, 5) is 12.3. The van der Waals surface area contributed by atoms with Crippen molar-refractivity contribution in [1.82, 2.24) is 0 Å². The highest BCUT2D eigenvalue weighted by molar-refractivity contribution is 7.92. The molecule has 26 heavy (non-hydrogen) atoms. The minimum Gasteiger partial charge on any atom is -0.326 e. The molecule has 0 fully saturated rings. The predicted octanol–water partition coefficient (Wildman–Crippen LogP) is 3.81. The van der Waals surface area contributed by atoms with Crippen LogP contribution < -0.4 is 9.62 Å². The van der Waals surface area contributed by atoms with Crippen LogP contribution in [0.5, 0.6) is 0 Å². The van der Waals surface area contributed by atoms with Crippen molar-refractivity contribution in [3.05, 3.63) is 54.1 Å². The van der Waals surface area contributed by atoms with Crippen molar-refractivity contribution in [2.45, 2.75) is 38.5 Å². The van der Waals surface area contributed by atoms with Crippen molar-refractivity contribution in [2.24, 2.45) is 5.41 Å². The molecule has 1 aliphatic heterocycles. The molecule has 0 radical (unpaired) electrons. The van der Waals surface area contributed by atoms with E-state index in [1.807, 2.05) is 45.0 Å². The summed E-state index contributed by atoms with van der Waals surface area (Å²) in [6, 6.07) is 14.0. The van der Waals surface area contributed by atoms with E-state index < -0.39 is 15.4 Å². The van der Waals surface area contributed by atoms with Crippen LogP contribution in [0.2, 0.25) is 0 Å². The Kier molecular flexibility index (Phi) is 4.80. The smallest absolute Gasteiger partial charge is 0.264 e. The maximum atomic E-state index is 13.1. The Morgan fingerprint density at radius 2 is 1.69 bits per heavy atom. The predicted molar refractivity (Wildman–Crippen MR) is 104 cm³/mol. The van der Waals surface area contributed by atoms with Crippen LogP contribution in [0.4, 0.5) is 11.4 Å². The Labute approximate surface area is 155 Å². The minimum absolute atomic E-state index is 0.113. The first kappa shape index (κ1) is 18.5. The summed E-state index contributed by atoms with van der Waals surface area (Å²) in [5.74, 6) is -0.113. The number of nitrogens with one attached hydrogen (secondary N) is 1. The van der Waals surface area contributed by atoms with Gasteiger partial charge in [0.1, 0.15) is 0 Å². The van der Waals surface area contributed by atoms with Gasteiger partial charge in [-0.1, -0.05) is 39.0 Å². The van der Waals surface area contributed by atoms with Crippen molar-refractivity contribution in [3.8, 4) is 0 Å². The molecule has 1 heterocycles. The number of aryl methyl sites for hydroxylation is 1. The second-order valence-electron chi connectivity index (χ2n) is 7.54. The van der Waals surface area contributed by atoms with E-state index in [0.717, 1.165) is 24.1 Å². The average Bonchev–Trinajstić information content (AvgIpc) is 2.61. The van der Waals surface area contributed by atoms with Gasteiger partial charge in [-0.05, 0) is 48.7 Å². The Morgan fingerprint density at radius 3 is 2.35 bits per heavy atom. The molecule has 2 aromatic rings. The van der Waals surface area contributed by atoms with Crippen LogP contribution in [0, 0.1) is 5.41 Å². The van der Waals surface area contributed by atoms with Crippen LogP contribution in [0.25, 0.3) is 0 Å². The van der Waals surface area contributed by atoms with Crippen molar-refractivity contribution in [1.29, 1.82) is 0 Å². The number of benzene rings is 2. The summed E-state index contributed by atoms with van der Waals surface area (Å²) in [5.41, 5.74) is 1.88. The van der Waals surface area contributed by atoms with Gasteiger partial charge < -0.3 is 5.32 Å². The van der Waals surface area contributed by atoms with Crippen molar-refractivity contribution >= 4 is 27.3 Å². The van der Waals surface area contributed by atoms with Gasteiger partial charge in [-0.15, -0.1) is 0 Å². The Morgan fingerprint density at radius 1 is 1.04 bits per heavy atom. The van der Waals surface area contributed by atoms with Gasteiger partial charge >= 0.3 is 0 Å². The van der Waals surface area contributed by atoms with Crippen LogP contribution in [-0.4, -0.2) is 20.9 Å². The topological polar surface area (TPSA) is 66.5 Å². The molecule has 3 rings (SSSR count). The second-order valence-corrected chi connectivity index (χ2v) is 9.40. The molecule has 6 heteroatoms. The van der Waals surface area contributed by atoms with Crippen molar-refractivity contribution in [2.75, 3.05) is 16.2 Å². The number of amides is 1. The van der Waals surface area contributed by atoms with Crippen LogP contribution >= 0.6 is 0 Å². The molecule has 1 amide bonds. The van der Waals surface area contributed by atoms with Gasteiger partial charge in [0.25, 0.3) is 10.0 Å². The average molecular weight is 372 g/mol. The quantitative estimate of drug-likeness (QED) is 0.891. The molecular formula is C20H24N2O3S. The van der Waals surface area contributed by atoms with Gasteiger partial charge in [-0.3, -0.25) is 9.10 Å². The lowest BCUT2D eigenvalue weighted by Gasteiger charge is -2.30. The Bertz CT molecular complexity index is 913. The molecule has 0 bridgehead atoms. The maximum absolute atomic E-state index is 13.1. The van der Waals surface area contributed by atoms with Crippen LogP contribution in [0.3, 0.4) is 0 Å². The van der Waals surface area contributed by atoms with E-state index in [1.54, 1.807) is 24.3 Å². The molecule has 0 aromatic heterocycles. The third-order valence-electron chi connectivity index (χ3n) is 4.45. The number of para-hydroxylation sites is 1. The van der Waals surface area contributed by atoms with Gasteiger partial charge in [0.2, 0.25) is 5.91 Å². The van der Waals surface area contributed by atoms with E-state index in [0.29, 0.717) is 12.2 Å². The number of carbonyl (C=O) groups excluding carboxylic acids is 1. The fraction of sp³-hybridized carbons (Fsp3) is 0.350. The Balaban J connectivity index is 1.86. The summed E-state index contributed by atoms with van der Waals surface area (Å²) in [7, 11) is -3.63. The van der Waals surface area contributed by atoms with Gasteiger partial charge in [0, 0.05) is 17.6 Å². The molecule has 138 valence electrons. The zero-order valence-electron chi connectivity index (χ0n) is 15.3. The highest BCUT2D eigenvalue weighted by Crippen LogP contribution is 2.32. The fourth-order valence-corrected chi connectivity index (χ4v) is 4.45. The zero-order chi connectivity index (χ0) is 18.9. The lowest BCUT2D eigenvalue weighted by atomic mass is 9.95. The van der Waals surface area contributed by atoms with Gasteiger partial charge in [-0.2, -0.15) is 0 Å². The molecule has 1 N–H and O–H groups in total. The molecule has 0 spiro atoms. The third-order valence-corrected chi connectivity index (χ3v) is 6.28. The second kappa shape index (κ2) is 6.76. The number of hydrogen-bond donors (Lipinski definition) is 1. The van der Waals surface area contributed by atoms with Gasteiger partial charge in [0.15, 0.2) is 0 Å². The molecule has 0 aliphatic carbocycles. The molecule has 0 unspecified atom stereocenters. The van der Waals surface area contributed by atoms with Crippen LogP contribution in [0.1, 0.15) is 32.8 Å². The van der Waals surface area contributed by atoms with Gasteiger partial charge in [0.05, 0.1) is 10.6 Å². The lowest BCUT2D eigenvalue weighted by molar-refractivity contribution is -0.123. The number of rotatable bonds is 3. The van der Waals surface area contributed by atoms with E-state index in [9.17, 15) is 13.2 Å². The van der Waals surface area contributed by atoms with Crippen LogP contribution in [0.15, 0.2) is 53.4 Å². The van der Waals surface area contributed by atoms with Crippen molar-refractivity contribution in [3.63, 3.8) is 0 Å². The molecule has 0 saturated carbocycles. The van der Waals surface area contributed by atoms with E-state index >= 15 is 0 Å². The van der Waals surface area contributed by atoms with Crippen molar-refractivity contribution < 1.29 is 13.2 Å². The number of hydrogen-bond acceptors (Lipinski definition) is 3. The lowest BCUT2D eigenvalue weighted by Crippen LogP contribution is -2.35. The first-order valence-corrected chi connectivity index (χ1v) is 10.2. The van der Waals surface area contributed by atoms with E-state index in [4.69, 9.17) is 0 Å². The molecule has 0 saturated heterocycles. The number of nitrogens with zero attached hydrogens (tertiary/aromatic N) is 1. The summed E-state index contributed by atoms with van der Waals surface area (Å²) in [6.07, 6.45) is 1.69. The molecule has 1 aliphatic rings. The molecule has 0 atom stereocenters. The monoisotopic (exact) mass is 372 g/mol. The summed E-state index contributed by atoms with van der Waals surface area (Å²) in [6.45, 7) is 5.96. The largest absolute Gasteiger partial charge is 0.326 e. The number of fused-ring (bicyclic) bond motifs is 1. The number of sulfonamides is 1. The van der Waals surface area contributed by atoms with E-state index in [-0.39, 0.29) is 10.8 Å². The molecular weight excluding hydrogens is 348 g/mol. The Hall–Kier alpha value is -2.34. The van der Waals surface area contributed by atoms with Crippen LogP contribution in [-0.2, 0) is 21.2 Å². The highest BCUT2D eigenvalue weighted by Gasteiger charge is 2.29. The third kappa shape index (κ3) is 3.60. The summed E-state index contributed by atoms with van der Waals surface area (Å²) < 4.78 is 27.6. The molecule has 5 nitrogen and oxygen atoms in total.